The number of rotatable bonds is 15. The van der Waals surface area contributed by atoms with Crippen molar-refractivity contribution in [3.05, 3.63) is 107 Å². The van der Waals surface area contributed by atoms with Gasteiger partial charge in [-0.1, -0.05) is 41.9 Å². The van der Waals surface area contributed by atoms with Crippen molar-refractivity contribution in [3.63, 3.8) is 0 Å². The minimum Gasteiger partial charge on any atom is -0.491 e. The van der Waals surface area contributed by atoms with Gasteiger partial charge >= 0.3 is 12.1 Å². The summed E-state index contributed by atoms with van der Waals surface area (Å²) >= 11 is 8.31. The molecular weight excluding hydrogens is 788 g/mol. The molecule has 3 aromatic heterocycles. The highest BCUT2D eigenvalue weighted by Gasteiger charge is 2.30. The van der Waals surface area contributed by atoms with E-state index in [1.807, 2.05) is 19.1 Å². The molecule has 0 spiro atoms. The third kappa shape index (κ3) is 9.39. The molecule has 1 atom stereocenters. The summed E-state index contributed by atoms with van der Waals surface area (Å²) in [6, 6.07) is 19.0. The van der Waals surface area contributed by atoms with Crippen molar-refractivity contribution in [3.8, 4) is 39.0 Å². The van der Waals surface area contributed by atoms with E-state index in [1.165, 1.54) is 35.7 Å². The van der Waals surface area contributed by atoms with Gasteiger partial charge in [-0.05, 0) is 67.1 Å². The minimum absolute atomic E-state index is 0.148. The van der Waals surface area contributed by atoms with Crippen molar-refractivity contribution in [2.75, 3.05) is 46.4 Å². The number of thiophene rings is 1. The van der Waals surface area contributed by atoms with E-state index in [9.17, 15) is 27.5 Å². The van der Waals surface area contributed by atoms with Gasteiger partial charge in [0.05, 0.1) is 15.6 Å². The number of hydrogen-bond donors (Lipinski definition) is 1. The zero-order chi connectivity index (χ0) is 40.3. The Balaban J connectivity index is 1.18. The zero-order valence-corrected chi connectivity index (χ0v) is 32.6. The molecule has 1 fully saturated rings. The fourth-order valence-corrected chi connectivity index (χ4v) is 8.19. The van der Waals surface area contributed by atoms with Crippen LogP contribution in [0.4, 0.5) is 17.6 Å². The number of carbonyl (C=O) groups is 1. The molecule has 1 unspecified atom stereocenters. The number of fused-ring (bicyclic) bond motifs is 1. The van der Waals surface area contributed by atoms with Gasteiger partial charge in [-0.15, -0.1) is 11.3 Å². The number of aliphatic carboxylic acids is 1. The maximum absolute atomic E-state index is 14.3. The van der Waals surface area contributed by atoms with E-state index >= 15 is 0 Å². The molecule has 1 aliphatic heterocycles. The van der Waals surface area contributed by atoms with Crippen LogP contribution in [0.1, 0.15) is 16.8 Å². The Labute approximate surface area is 334 Å². The standard InChI is InChI=1S/C41H39ClF4N4O6S/c1-25-28(10-11-31(38(25)42)53-21-20-49-18-16-48(2)17-19-49)36-37-30(8-5-9-34(37)57-39(36)32-12-13-35(43)56-32)55-33(40(51)52)22-26-6-3-4-7-29(26)54-23-27-14-15-47-50(27)24-41(44,45)46/h3-15,33H,16-24H2,1-2H3,(H,51,52). The number of likely N-dealkylation sites (N-methyl/N-ethyl adjacent to an activating group) is 1. The van der Waals surface area contributed by atoms with Crippen molar-refractivity contribution in [2.24, 2.45) is 0 Å². The second-order valence-corrected chi connectivity index (χ2v) is 15.2. The highest BCUT2D eigenvalue weighted by molar-refractivity contribution is 7.23. The molecule has 57 heavy (non-hydrogen) atoms. The summed E-state index contributed by atoms with van der Waals surface area (Å²) in [6.45, 7) is 5.47. The average molecular weight is 827 g/mol. The lowest BCUT2D eigenvalue weighted by Crippen LogP contribution is -2.45. The lowest BCUT2D eigenvalue weighted by atomic mass is 9.96. The molecule has 10 nitrogen and oxygen atoms in total. The second kappa shape index (κ2) is 17.2. The molecule has 0 bridgehead atoms. The van der Waals surface area contributed by atoms with Crippen LogP contribution in [0.25, 0.3) is 31.9 Å². The maximum Gasteiger partial charge on any atom is 0.408 e. The van der Waals surface area contributed by atoms with Crippen molar-refractivity contribution < 1.29 is 46.1 Å². The van der Waals surface area contributed by atoms with Crippen LogP contribution in [0.3, 0.4) is 0 Å². The second-order valence-electron chi connectivity index (χ2n) is 13.7. The Morgan fingerprint density at radius 3 is 2.49 bits per heavy atom. The number of aromatic nitrogens is 2. The summed E-state index contributed by atoms with van der Waals surface area (Å²) in [6.07, 6.45) is -4.79. The summed E-state index contributed by atoms with van der Waals surface area (Å²) in [7, 11) is 2.11. The summed E-state index contributed by atoms with van der Waals surface area (Å²) in [5.74, 6) is 0.0644. The predicted molar refractivity (Wildman–Crippen MR) is 209 cm³/mol. The molecule has 1 aliphatic rings. The number of nitrogens with zero attached hydrogens (tertiary/aromatic N) is 4. The van der Waals surface area contributed by atoms with Crippen LogP contribution >= 0.6 is 22.9 Å². The van der Waals surface area contributed by atoms with Crippen LogP contribution in [-0.2, 0) is 24.4 Å². The van der Waals surface area contributed by atoms with Crippen LogP contribution in [0, 0.1) is 12.9 Å². The van der Waals surface area contributed by atoms with E-state index in [0.29, 0.717) is 49.9 Å². The minimum atomic E-state index is -4.47. The van der Waals surface area contributed by atoms with Crippen LogP contribution in [-0.4, -0.2) is 89.3 Å². The molecule has 7 rings (SSSR count). The highest BCUT2D eigenvalue weighted by Crippen LogP contribution is 2.51. The van der Waals surface area contributed by atoms with Crippen LogP contribution in [0.15, 0.2) is 83.4 Å². The van der Waals surface area contributed by atoms with E-state index < -0.39 is 30.8 Å². The van der Waals surface area contributed by atoms with Gasteiger partial charge in [-0.2, -0.15) is 22.7 Å². The quantitative estimate of drug-likeness (QED) is 0.102. The van der Waals surface area contributed by atoms with Gasteiger partial charge in [0.15, 0.2) is 6.10 Å². The van der Waals surface area contributed by atoms with E-state index in [0.717, 1.165) is 42.1 Å². The number of ether oxygens (including phenoxy) is 3. The van der Waals surface area contributed by atoms with Gasteiger partial charge in [0.2, 0.25) is 0 Å². The Hall–Kier alpha value is -5.09. The van der Waals surface area contributed by atoms with Gasteiger partial charge in [0, 0.05) is 67.1 Å². The number of halogens is 5. The third-order valence-corrected chi connectivity index (χ3v) is 11.4. The lowest BCUT2D eigenvalue weighted by molar-refractivity contribution is -0.145. The number of alkyl halides is 3. The van der Waals surface area contributed by atoms with Crippen molar-refractivity contribution >= 4 is 39.0 Å². The SMILES string of the molecule is Cc1c(-c2c(-c3ccc(F)o3)sc3cccc(OC(Cc4ccccc4OCc4ccnn4CC(F)(F)F)C(=O)O)c23)ccc(OCCN2CCN(C)CC2)c1Cl. The first kappa shape index (κ1) is 40.1. The number of carboxylic acids is 1. The smallest absolute Gasteiger partial charge is 0.408 e. The summed E-state index contributed by atoms with van der Waals surface area (Å²) in [4.78, 5) is 18.0. The van der Waals surface area contributed by atoms with Gasteiger partial charge in [-0.3, -0.25) is 9.58 Å². The normalized spacial score (nSPS) is 14.6. The van der Waals surface area contributed by atoms with E-state index in [2.05, 4.69) is 21.9 Å². The van der Waals surface area contributed by atoms with E-state index in [4.69, 9.17) is 30.2 Å². The first-order valence-electron chi connectivity index (χ1n) is 18.2. The Morgan fingerprint density at radius 2 is 1.75 bits per heavy atom. The zero-order valence-electron chi connectivity index (χ0n) is 31.0. The average Bonchev–Trinajstić information content (AvgIpc) is 3.91. The molecule has 0 radical (unpaired) electrons. The first-order valence-corrected chi connectivity index (χ1v) is 19.4. The third-order valence-electron chi connectivity index (χ3n) is 9.79. The maximum atomic E-state index is 14.3. The predicted octanol–water partition coefficient (Wildman–Crippen LogP) is 8.97. The van der Waals surface area contributed by atoms with E-state index in [-0.39, 0.29) is 36.0 Å². The van der Waals surface area contributed by atoms with Crippen molar-refractivity contribution in [1.29, 1.82) is 0 Å². The number of furan rings is 1. The summed E-state index contributed by atoms with van der Waals surface area (Å²) < 4.78 is 79.0. The molecule has 1 N–H and O–H groups in total. The number of para-hydroxylation sites is 1. The van der Waals surface area contributed by atoms with Gasteiger partial charge in [0.25, 0.3) is 6.01 Å². The Morgan fingerprint density at radius 1 is 0.982 bits per heavy atom. The number of benzene rings is 3. The molecule has 4 heterocycles. The molecule has 0 amide bonds. The molecule has 300 valence electrons. The van der Waals surface area contributed by atoms with Gasteiger partial charge in [-0.25, -0.2) is 4.79 Å². The van der Waals surface area contributed by atoms with Crippen LogP contribution in [0.5, 0.6) is 17.2 Å². The number of hydrogen-bond acceptors (Lipinski definition) is 9. The molecule has 1 saturated heterocycles. The number of piperazine rings is 1. The first-order chi connectivity index (χ1) is 27.3. The highest BCUT2D eigenvalue weighted by atomic mass is 35.5. The molecular formula is C41H39ClF4N4O6S. The molecule has 3 aromatic carbocycles. The van der Waals surface area contributed by atoms with Gasteiger partial charge < -0.3 is 28.6 Å². The molecule has 0 saturated carbocycles. The molecule has 0 aliphatic carbocycles. The molecule has 6 aromatic rings. The number of carboxylic acid groups (broad SMARTS) is 1. The van der Waals surface area contributed by atoms with Crippen LogP contribution in [0.2, 0.25) is 5.02 Å². The fraction of sp³-hybridized carbons (Fsp3) is 0.317. The van der Waals surface area contributed by atoms with Crippen molar-refractivity contribution in [1.82, 2.24) is 19.6 Å². The van der Waals surface area contributed by atoms with Gasteiger partial charge in [0.1, 0.15) is 42.8 Å². The summed E-state index contributed by atoms with van der Waals surface area (Å²) in [5, 5.41) is 15.2. The molecule has 16 heteroatoms. The fourth-order valence-electron chi connectivity index (χ4n) is 6.77. The van der Waals surface area contributed by atoms with E-state index in [1.54, 1.807) is 42.5 Å². The monoisotopic (exact) mass is 826 g/mol. The van der Waals surface area contributed by atoms with Crippen LogP contribution < -0.4 is 14.2 Å². The summed E-state index contributed by atoms with van der Waals surface area (Å²) in [5.41, 5.74) is 2.65. The topological polar surface area (TPSA) is 102 Å². The van der Waals surface area contributed by atoms with Crippen molar-refractivity contribution in [2.45, 2.75) is 38.8 Å². The lowest BCUT2D eigenvalue weighted by Gasteiger charge is -2.32. The largest absolute Gasteiger partial charge is 0.491 e. The Kier molecular flexibility index (Phi) is 12.1. The Bertz CT molecular complexity index is 2350.